The Kier molecular flexibility index (Phi) is 13.0. The Balaban J connectivity index is 1.34. The molecule has 2 heterocycles. The van der Waals surface area contributed by atoms with E-state index in [1.807, 2.05) is 17.7 Å². The predicted molar refractivity (Wildman–Crippen MR) is 127 cm³/mol. The molecule has 0 unspecified atom stereocenters. The van der Waals surface area contributed by atoms with Crippen LogP contribution in [-0.4, -0.2) is 16.6 Å². The smallest absolute Gasteiger partial charge is 0.235 e. The number of thiophene rings is 1. The van der Waals surface area contributed by atoms with Crippen molar-refractivity contribution in [3.8, 4) is 5.88 Å². The SMILES string of the molecule is CCCCCCCCCCCCCCCCCCOc1nc2cscc2nc1C. The van der Waals surface area contributed by atoms with Gasteiger partial charge in [-0.3, -0.25) is 0 Å². The molecule has 0 aliphatic carbocycles. The molecule has 0 atom stereocenters. The van der Waals surface area contributed by atoms with Gasteiger partial charge in [-0.2, -0.15) is 0 Å². The highest BCUT2D eigenvalue weighted by atomic mass is 32.1. The van der Waals surface area contributed by atoms with Gasteiger partial charge in [0.25, 0.3) is 0 Å². The van der Waals surface area contributed by atoms with Crippen molar-refractivity contribution in [2.45, 2.75) is 117 Å². The number of hydrogen-bond acceptors (Lipinski definition) is 4. The zero-order valence-electron chi connectivity index (χ0n) is 18.9. The molecule has 2 aromatic heterocycles. The second kappa shape index (κ2) is 15.6. The molecule has 3 nitrogen and oxygen atoms in total. The molecule has 164 valence electrons. The molecule has 0 N–H and O–H groups in total. The van der Waals surface area contributed by atoms with Gasteiger partial charge < -0.3 is 4.74 Å². The fourth-order valence-electron chi connectivity index (χ4n) is 3.83. The second-order valence-corrected chi connectivity index (χ2v) is 9.15. The van der Waals surface area contributed by atoms with Crippen molar-refractivity contribution in [1.29, 1.82) is 0 Å². The Morgan fingerprint density at radius 2 is 1.10 bits per heavy atom. The summed E-state index contributed by atoms with van der Waals surface area (Å²) in [6, 6.07) is 0. The lowest BCUT2D eigenvalue weighted by atomic mass is 10.0. The first kappa shape index (κ1) is 24.1. The number of aromatic nitrogens is 2. The Morgan fingerprint density at radius 3 is 1.62 bits per heavy atom. The van der Waals surface area contributed by atoms with Gasteiger partial charge >= 0.3 is 0 Å². The average molecular weight is 419 g/mol. The Hall–Kier alpha value is -1.16. The van der Waals surface area contributed by atoms with Gasteiger partial charge in [0.1, 0.15) is 11.2 Å². The number of aryl methyl sites for hydroxylation is 1. The molecule has 0 aliphatic heterocycles. The van der Waals surface area contributed by atoms with Gasteiger partial charge in [0, 0.05) is 10.8 Å². The van der Waals surface area contributed by atoms with Crippen molar-refractivity contribution in [2.75, 3.05) is 6.61 Å². The first-order valence-electron chi connectivity index (χ1n) is 12.1. The number of nitrogens with zero attached hydrogens (tertiary/aromatic N) is 2. The van der Waals surface area contributed by atoms with Crippen LogP contribution >= 0.6 is 11.3 Å². The van der Waals surface area contributed by atoms with Gasteiger partial charge in [-0.1, -0.05) is 103 Å². The molecule has 0 saturated carbocycles. The second-order valence-electron chi connectivity index (χ2n) is 8.41. The fourth-order valence-corrected chi connectivity index (χ4v) is 4.50. The van der Waals surface area contributed by atoms with Crippen LogP contribution < -0.4 is 4.74 Å². The van der Waals surface area contributed by atoms with E-state index in [-0.39, 0.29) is 0 Å². The van der Waals surface area contributed by atoms with Gasteiger partial charge in [-0.25, -0.2) is 9.97 Å². The van der Waals surface area contributed by atoms with Crippen LogP contribution in [0.3, 0.4) is 0 Å². The van der Waals surface area contributed by atoms with Gasteiger partial charge in [-0.15, -0.1) is 11.3 Å². The average Bonchev–Trinajstić information content (AvgIpc) is 3.17. The summed E-state index contributed by atoms with van der Waals surface area (Å²) in [5.74, 6) is 0.705. The van der Waals surface area contributed by atoms with Crippen molar-refractivity contribution < 1.29 is 4.74 Å². The third kappa shape index (κ3) is 10.4. The van der Waals surface area contributed by atoms with Crippen LogP contribution in [0.5, 0.6) is 5.88 Å². The van der Waals surface area contributed by atoms with Gasteiger partial charge in [0.15, 0.2) is 0 Å². The lowest BCUT2D eigenvalue weighted by Gasteiger charge is -2.07. The summed E-state index contributed by atoms with van der Waals surface area (Å²) in [6.07, 6.45) is 22.3. The topological polar surface area (TPSA) is 35.0 Å². The van der Waals surface area contributed by atoms with E-state index >= 15 is 0 Å². The molecule has 0 radical (unpaired) electrons. The van der Waals surface area contributed by atoms with Crippen LogP contribution in [0.1, 0.15) is 115 Å². The van der Waals surface area contributed by atoms with Crippen LogP contribution in [0.2, 0.25) is 0 Å². The highest BCUT2D eigenvalue weighted by Gasteiger charge is 2.06. The zero-order chi connectivity index (χ0) is 20.6. The Morgan fingerprint density at radius 1 is 0.655 bits per heavy atom. The minimum atomic E-state index is 0.705. The van der Waals surface area contributed by atoms with E-state index in [4.69, 9.17) is 4.74 Å². The predicted octanol–water partition coefficient (Wildman–Crippen LogP) is 8.64. The molecule has 2 aromatic rings. The maximum absolute atomic E-state index is 5.86. The molecular weight excluding hydrogens is 376 g/mol. The summed E-state index contributed by atoms with van der Waals surface area (Å²) in [4.78, 5) is 9.12. The van der Waals surface area contributed by atoms with Crippen LogP contribution in [0.15, 0.2) is 10.8 Å². The number of rotatable bonds is 18. The molecular formula is C25H42N2OS. The first-order chi connectivity index (χ1) is 14.3. The van der Waals surface area contributed by atoms with Crippen LogP contribution in [0.4, 0.5) is 0 Å². The zero-order valence-corrected chi connectivity index (χ0v) is 19.7. The molecule has 2 rings (SSSR count). The highest BCUT2D eigenvalue weighted by Crippen LogP contribution is 2.21. The van der Waals surface area contributed by atoms with Gasteiger partial charge in [0.05, 0.1) is 12.1 Å². The van der Waals surface area contributed by atoms with Gasteiger partial charge in [-0.05, 0) is 13.3 Å². The molecule has 4 heteroatoms. The minimum absolute atomic E-state index is 0.705. The largest absolute Gasteiger partial charge is 0.476 e. The lowest BCUT2D eigenvalue weighted by Crippen LogP contribution is -2.02. The van der Waals surface area contributed by atoms with E-state index in [2.05, 4.69) is 16.9 Å². The quantitative estimate of drug-likeness (QED) is 0.227. The Labute approximate surface area is 182 Å². The van der Waals surface area contributed by atoms with Crippen molar-refractivity contribution >= 4 is 22.4 Å². The summed E-state index contributed by atoms with van der Waals surface area (Å²) < 4.78 is 5.86. The first-order valence-corrected chi connectivity index (χ1v) is 13.1. The molecule has 29 heavy (non-hydrogen) atoms. The lowest BCUT2D eigenvalue weighted by molar-refractivity contribution is 0.291. The molecule has 0 amide bonds. The van der Waals surface area contributed by atoms with Gasteiger partial charge in [0.2, 0.25) is 5.88 Å². The van der Waals surface area contributed by atoms with Crippen molar-refractivity contribution in [3.05, 3.63) is 16.5 Å². The van der Waals surface area contributed by atoms with Crippen molar-refractivity contribution in [3.63, 3.8) is 0 Å². The summed E-state index contributed by atoms with van der Waals surface area (Å²) >= 11 is 1.64. The van der Waals surface area contributed by atoms with Crippen molar-refractivity contribution in [1.82, 2.24) is 9.97 Å². The molecule has 0 aromatic carbocycles. The molecule has 0 saturated heterocycles. The van der Waals surface area contributed by atoms with Crippen LogP contribution in [0.25, 0.3) is 11.0 Å². The molecule has 0 bridgehead atoms. The van der Waals surface area contributed by atoms with E-state index in [9.17, 15) is 0 Å². The number of hydrogen-bond donors (Lipinski definition) is 0. The van der Waals surface area contributed by atoms with E-state index in [1.54, 1.807) is 11.3 Å². The highest BCUT2D eigenvalue weighted by molar-refractivity contribution is 7.09. The minimum Gasteiger partial charge on any atom is -0.476 e. The normalized spacial score (nSPS) is 11.4. The summed E-state index contributed by atoms with van der Waals surface area (Å²) in [5.41, 5.74) is 2.82. The van der Waals surface area contributed by atoms with E-state index in [1.165, 1.54) is 96.3 Å². The third-order valence-electron chi connectivity index (χ3n) is 5.68. The molecule has 0 aliphatic rings. The maximum atomic E-state index is 5.86. The van der Waals surface area contributed by atoms with E-state index < -0.39 is 0 Å². The fraction of sp³-hybridized carbons (Fsp3) is 0.760. The monoisotopic (exact) mass is 418 g/mol. The third-order valence-corrected chi connectivity index (χ3v) is 6.40. The maximum Gasteiger partial charge on any atom is 0.235 e. The summed E-state index contributed by atoms with van der Waals surface area (Å²) in [6.45, 7) is 5.02. The van der Waals surface area contributed by atoms with E-state index in [0.717, 1.165) is 29.8 Å². The number of fused-ring (bicyclic) bond motifs is 1. The summed E-state index contributed by atoms with van der Waals surface area (Å²) in [7, 11) is 0. The molecule has 0 fully saturated rings. The van der Waals surface area contributed by atoms with E-state index in [0.29, 0.717) is 5.88 Å². The number of unbranched alkanes of at least 4 members (excludes halogenated alkanes) is 15. The van der Waals surface area contributed by atoms with Crippen LogP contribution in [-0.2, 0) is 0 Å². The molecule has 0 spiro atoms. The Bertz CT molecular complexity index is 655. The van der Waals surface area contributed by atoms with Crippen LogP contribution in [0, 0.1) is 6.92 Å². The standard InChI is InChI=1S/C25H42N2OS/c1-3-4-5-6-7-8-9-10-11-12-13-14-15-16-17-18-19-28-25-22(2)26-23-20-29-21-24(23)27-25/h20-21H,3-19H2,1-2H3. The van der Waals surface area contributed by atoms with Crippen molar-refractivity contribution in [2.24, 2.45) is 0 Å². The summed E-state index contributed by atoms with van der Waals surface area (Å²) in [5, 5.41) is 4.07. The number of ether oxygens (including phenoxy) is 1.